The van der Waals surface area contributed by atoms with Crippen LogP contribution in [0.25, 0.3) is 0 Å². The summed E-state index contributed by atoms with van der Waals surface area (Å²) in [5, 5.41) is 6.67. The molecular weight excluding hydrogens is 272 g/mol. The van der Waals surface area contributed by atoms with Crippen LogP contribution >= 0.6 is 15.9 Å². The minimum atomic E-state index is -0.268. The lowest BCUT2D eigenvalue weighted by Crippen LogP contribution is -2.16. The number of hydrogen-bond donors (Lipinski definition) is 1. The second-order valence-corrected chi connectivity index (χ2v) is 3.98. The highest BCUT2D eigenvalue weighted by Gasteiger charge is 2.12. The molecule has 0 aliphatic carbocycles. The summed E-state index contributed by atoms with van der Waals surface area (Å²) in [6.45, 7) is 0. The molecule has 0 saturated carbocycles. The first kappa shape index (κ1) is 10.8. The summed E-state index contributed by atoms with van der Waals surface area (Å²) in [5.41, 5.74) is 0.351. The summed E-state index contributed by atoms with van der Waals surface area (Å²) in [6.07, 6.45) is 3.19. The van der Waals surface area contributed by atoms with Gasteiger partial charge in [-0.3, -0.25) is 9.48 Å². The van der Waals surface area contributed by atoms with E-state index in [1.165, 1.54) is 0 Å². The number of rotatable bonds is 2. The number of pyridine rings is 1. The van der Waals surface area contributed by atoms with Crippen LogP contribution in [-0.4, -0.2) is 20.7 Å². The quantitative estimate of drug-likeness (QED) is 0.913. The maximum Gasteiger partial charge on any atom is 0.276 e. The minimum Gasteiger partial charge on any atom is -0.305 e. The molecular formula is C10H9BrN4O. The van der Waals surface area contributed by atoms with Crippen molar-refractivity contribution in [1.29, 1.82) is 0 Å². The molecule has 0 bridgehead atoms. The van der Waals surface area contributed by atoms with Gasteiger partial charge in [-0.15, -0.1) is 0 Å². The lowest BCUT2D eigenvalue weighted by atomic mass is 10.3. The lowest BCUT2D eigenvalue weighted by molar-refractivity contribution is 0.102. The Morgan fingerprint density at radius 2 is 2.25 bits per heavy atom. The summed E-state index contributed by atoms with van der Waals surface area (Å²) in [6, 6.07) is 5.24. The highest BCUT2D eigenvalue weighted by molar-refractivity contribution is 9.10. The first-order chi connectivity index (χ1) is 7.68. The molecule has 0 fully saturated rings. The van der Waals surface area contributed by atoms with Gasteiger partial charge in [0.1, 0.15) is 11.5 Å². The van der Waals surface area contributed by atoms with E-state index < -0.39 is 0 Å². The van der Waals surface area contributed by atoms with E-state index in [1.807, 2.05) is 0 Å². The highest BCUT2D eigenvalue weighted by atomic mass is 79.9. The molecule has 16 heavy (non-hydrogen) atoms. The van der Waals surface area contributed by atoms with Crippen molar-refractivity contribution >= 4 is 27.7 Å². The van der Waals surface area contributed by atoms with E-state index in [-0.39, 0.29) is 5.91 Å². The number of halogens is 1. The summed E-state index contributed by atoms with van der Waals surface area (Å²) >= 11 is 3.27. The number of carbonyl (C=O) groups is 1. The molecule has 2 aromatic rings. The number of aryl methyl sites for hydroxylation is 1. The van der Waals surface area contributed by atoms with Gasteiger partial charge in [-0.05, 0) is 28.1 Å². The van der Waals surface area contributed by atoms with Crippen LogP contribution in [0.1, 0.15) is 10.5 Å². The minimum absolute atomic E-state index is 0.268. The van der Waals surface area contributed by atoms with Crippen molar-refractivity contribution < 1.29 is 4.79 Å². The van der Waals surface area contributed by atoms with Crippen molar-refractivity contribution in [3.63, 3.8) is 0 Å². The second kappa shape index (κ2) is 4.44. The van der Waals surface area contributed by atoms with Gasteiger partial charge < -0.3 is 5.32 Å². The molecule has 0 saturated heterocycles. The molecule has 0 spiro atoms. The van der Waals surface area contributed by atoms with E-state index in [2.05, 4.69) is 31.3 Å². The Morgan fingerprint density at radius 3 is 2.88 bits per heavy atom. The third-order valence-electron chi connectivity index (χ3n) is 2.04. The fourth-order valence-corrected chi connectivity index (χ4v) is 1.66. The Hall–Kier alpha value is -1.69. The standard InChI is InChI=1S/C10H9BrN4O/c1-15-8(4-6-13-15)14-10(16)9-7(11)3-2-5-12-9/h2-6H,1H3,(H,14,16). The third-order valence-corrected chi connectivity index (χ3v) is 2.68. The fourth-order valence-electron chi connectivity index (χ4n) is 1.22. The number of aromatic nitrogens is 3. The Kier molecular flexibility index (Phi) is 3.00. The average Bonchev–Trinajstić information content (AvgIpc) is 2.65. The zero-order valence-electron chi connectivity index (χ0n) is 8.51. The average molecular weight is 281 g/mol. The molecule has 0 aliphatic rings. The van der Waals surface area contributed by atoms with E-state index >= 15 is 0 Å². The van der Waals surface area contributed by atoms with Gasteiger partial charge in [0.15, 0.2) is 0 Å². The summed E-state index contributed by atoms with van der Waals surface area (Å²) in [5.74, 6) is 0.360. The van der Waals surface area contributed by atoms with Gasteiger partial charge in [0.05, 0.1) is 6.20 Å². The largest absolute Gasteiger partial charge is 0.305 e. The molecule has 1 N–H and O–H groups in total. The van der Waals surface area contributed by atoms with Gasteiger partial charge in [-0.1, -0.05) is 0 Å². The molecule has 0 aromatic carbocycles. The van der Waals surface area contributed by atoms with Gasteiger partial charge in [-0.25, -0.2) is 4.98 Å². The van der Waals surface area contributed by atoms with Crippen LogP contribution in [0.15, 0.2) is 35.1 Å². The van der Waals surface area contributed by atoms with E-state index in [1.54, 1.807) is 42.3 Å². The fraction of sp³-hybridized carbons (Fsp3) is 0.100. The first-order valence-corrected chi connectivity index (χ1v) is 5.37. The van der Waals surface area contributed by atoms with E-state index in [9.17, 15) is 4.79 Å². The topological polar surface area (TPSA) is 59.8 Å². The molecule has 82 valence electrons. The maximum absolute atomic E-state index is 11.8. The first-order valence-electron chi connectivity index (χ1n) is 4.58. The Labute approximate surface area is 101 Å². The molecule has 5 nitrogen and oxygen atoms in total. The molecule has 0 atom stereocenters. The number of nitrogens with zero attached hydrogens (tertiary/aromatic N) is 3. The molecule has 2 heterocycles. The van der Waals surface area contributed by atoms with Crippen LogP contribution in [0.2, 0.25) is 0 Å². The number of anilines is 1. The molecule has 0 radical (unpaired) electrons. The monoisotopic (exact) mass is 280 g/mol. The van der Waals surface area contributed by atoms with Gasteiger partial charge in [0, 0.05) is 23.8 Å². The Balaban J connectivity index is 2.22. The molecule has 2 aromatic heterocycles. The van der Waals surface area contributed by atoms with E-state index in [4.69, 9.17) is 0 Å². The number of carbonyl (C=O) groups excluding carboxylic acids is 1. The Morgan fingerprint density at radius 1 is 1.44 bits per heavy atom. The molecule has 6 heteroatoms. The van der Waals surface area contributed by atoms with Crippen LogP contribution in [0.4, 0.5) is 5.82 Å². The van der Waals surface area contributed by atoms with Gasteiger partial charge in [0.25, 0.3) is 5.91 Å². The van der Waals surface area contributed by atoms with Gasteiger partial charge >= 0.3 is 0 Å². The lowest BCUT2D eigenvalue weighted by Gasteiger charge is -2.05. The van der Waals surface area contributed by atoms with Crippen molar-refractivity contribution in [2.24, 2.45) is 7.05 Å². The molecule has 2 rings (SSSR count). The third kappa shape index (κ3) is 2.11. The SMILES string of the molecule is Cn1nccc1NC(=O)c1ncccc1Br. The van der Waals surface area contributed by atoms with Crippen LogP contribution in [0.5, 0.6) is 0 Å². The van der Waals surface area contributed by atoms with Crippen LogP contribution in [0, 0.1) is 0 Å². The molecule has 0 aliphatic heterocycles. The van der Waals surface area contributed by atoms with Gasteiger partial charge in [-0.2, -0.15) is 5.10 Å². The molecule has 1 amide bonds. The van der Waals surface area contributed by atoms with Gasteiger partial charge in [0.2, 0.25) is 0 Å². The zero-order valence-corrected chi connectivity index (χ0v) is 10.1. The number of amides is 1. The summed E-state index contributed by atoms with van der Waals surface area (Å²) < 4.78 is 2.24. The highest BCUT2D eigenvalue weighted by Crippen LogP contribution is 2.15. The van der Waals surface area contributed by atoms with Crippen molar-refractivity contribution in [1.82, 2.24) is 14.8 Å². The normalized spacial score (nSPS) is 10.1. The van der Waals surface area contributed by atoms with Crippen molar-refractivity contribution in [2.45, 2.75) is 0 Å². The summed E-state index contributed by atoms with van der Waals surface area (Å²) in [4.78, 5) is 15.8. The van der Waals surface area contributed by atoms with Crippen molar-refractivity contribution in [3.05, 3.63) is 40.8 Å². The van der Waals surface area contributed by atoms with Crippen molar-refractivity contribution in [3.8, 4) is 0 Å². The Bertz CT molecular complexity index is 523. The van der Waals surface area contributed by atoms with E-state index in [0.717, 1.165) is 0 Å². The second-order valence-electron chi connectivity index (χ2n) is 3.13. The van der Waals surface area contributed by atoms with Crippen LogP contribution in [0.3, 0.4) is 0 Å². The summed E-state index contributed by atoms with van der Waals surface area (Å²) in [7, 11) is 1.75. The van der Waals surface area contributed by atoms with E-state index in [0.29, 0.717) is 16.0 Å². The smallest absolute Gasteiger partial charge is 0.276 e. The number of nitrogens with one attached hydrogen (secondary N) is 1. The maximum atomic E-state index is 11.8. The predicted octanol–water partition coefficient (Wildman–Crippen LogP) is 1.83. The van der Waals surface area contributed by atoms with Crippen molar-refractivity contribution in [2.75, 3.05) is 5.32 Å². The molecule has 0 unspecified atom stereocenters. The predicted molar refractivity (Wildman–Crippen MR) is 63.1 cm³/mol. The van der Waals surface area contributed by atoms with Crippen LogP contribution in [-0.2, 0) is 7.05 Å². The zero-order chi connectivity index (χ0) is 11.5. The van der Waals surface area contributed by atoms with Crippen LogP contribution < -0.4 is 5.32 Å². The number of hydrogen-bond acceptors (Lipinski definition) is 3.